The molecule has 1 aliphatic heterocycles. The molecule has 1 saturated heterocycles. The van der Waals surface area contributed by atoms with Gasteiger partial charge in [-0.15, -0.1) is 0 Å². The summed E-state index contributed by atoms with van der Waals surface area (Å²) in [4.78, 5) is 0. The number of nitrogens with zero attached hydrogens (tertiary/aromatic N) is 2. The first-order chi connectivity index (χ1) is 8.73. The normalized spacial score (nSPS) is 25.1. The first-order valence-corrected chi connectivity index (χ1v) is 7.99. The molecule has 4 heteroatoms. The molecule has 1 unspecified atom stereocenters. The van der Waals surface area contributed by atoms with E-state index >= 15 is 0 Å². The lowest BCUT2D eigenvalue weighted by atomic mass is 9.85. The number of rotatable bonds is 4. The van der Waals surface area contributed by atoms with Gasteiger partial charge in [0.1, 0.15) is 0 Å². The lowest BCUT2D eigenvalue weighted by Gasteiger charge is -2.35. The minimum Gasteiger partial charge on any atom is -0.306 e. The third-order valence-corrected chi connectivity index (χ3v) is 4.55. The van der Waals surface area contributed by atoms with E-state index in [0.717, 1.165) is 17.6 Å². The van der Waals surface area contributed by atoms with Gasteiger partial charge in [0.15, 0.2) is 0 Å². The van der Waals surface area contributed by atoms with Crippen LogP contribution < -0.4 is 5.32 Å². The van der Waals surface area contributed by atoms with Crippen molar-refractivity contribution in [1.82, 2.24) is 15.1 Å². The van der Waals surface area contributed by atoms with Gasteiger partial charge < -0.3 is 5.32 Å². The number of nitrogens with one attached hydrogen (secondary N) is 1. The molecule has 0 saturated carbocycles. The van der Waals surface area contributed by atoms with Crippen molar-refractivity contribution in [1.29, 1.82) is 0 Å². The maximum atomic E-state index is 4.50. The highest BCUT2D eigenvalue weighted by Crippen LogP contribution is 2.38. The van der Waals surface area contributed by atoms with E-state index in [9.17, 15) is 0 Å². The van der Waals surface area contributed by atoms with Gasteiger partial charge >= 0.3 is 0 Å². The Morgan fingerprint density at radius 1 is 1.39 bits per heavy atom. The molecule has 1 N–H and O–H groups in total. The summed E-state index contributed by atoms with van der Waals surface area (Å²) >= 11 is 3.70. The topological polar surface area (TPSA) is 29.9 Å². The maximum Gasteiger partial charge on any atom is 0.0726 e. The van der Waals surface area contributed by atoms with Crippen molar-refractivity contribution >= 4 is 15.9 Å². The molecule has 0 bridgehead atoms. The number of aryl methyl sites for hydroxylation is 1. The molecule has 18 heavy (non-hydrogen) atoms. The monoisotopic (exact) mass is 313 g/mol. The Balaban J connectivity index is 2.41. The summed E-state index contributed by atoms with van der Waals surface area (Å²) in [5, 5.41) is 8.32. The SMILES string of the molecule is CCCC1(c2c(Br)cnn2CC)CCCCCN1. The molecule has 0 amide bonds. The standard InChI is InChI=1S/C14H24BrN3/c1-3-8-14(9-6-5-7-10-16-14)13-12(15)11-17-18(13)4-2/h11,16H,3-10H2,1-2H3. The Labute approximate surface area is 118 Å². The smallest absolute Gasteiger partial charge is 0.0726 e. The van der Waals surface area contributed by atoms with Crippen LogP contribution >= 0.6 is 15.9 Å². The highest BCUT2D eigenvalue weighted by molar-refractivity contribution is 9.10. The highest BCUT2D eigenvalue weighted by Gasteiger charge is 2.36. The lowest BCUT2D eigenvalue weighted by Crippen LogP contribution is -2.43. The first kappa shape index (κ1) is 14.1. The van der Waals surface area contributed by atoms with Gasteiger partial charge in [-0.1, -0.05) is 26.2 Å². The molecule has 2 heterocycles. The molecule has 1 aromatic heterocycles. The van der Waals surface area contributed by atoms with Crippen molar-refractivity contribution in [2.45, 2.75) is 64.5 Å². The average molecular weight is 314 g/mol. The second-order valence-corrected chi connectivity index (χ2v) is 6.08. The molecule has 0 radical (unpaired) electrons. The van der Waals surface area contributed by atoms with Gasteiger partial charge in [0.25, 0.3) is 0 Å². The van der Waals surface area contributed by atoms with E-state index in [1.165, 1.54) is 44.2 Å². The first-order valence-electron chi connectivity index (χ1n) is 7.20. The van der Waals surface area contributed by atoms with E-state index in [2.05, 4.69) is 44.9 Å². The minimum absolute atomic E-state index is 0.122. The number of aromatic nitrogens is 2. The summed E-state index contributed by atoms with van der Waals surface area (Å²) in [5.74, 6) is 0. The van der Waals surface area contributed by atoms with Crippen LogP contribution in [0.4, 0.5) is 0 Å². The van der Waals surface area contributed by atoms with Crippen LogP contribution in [-0.2, 0) is 12.1 Å². The Bertz CT molecular complexity index is 378. The Hall–Kier alpha value is -0.350. The van der Waals surface area contributed by atoms with E-state index in [0.29, 0.717) is 0 Å². The summed E-state index contributed by atoms with van der Waals surface area (Å²) in [6.07, 6.45) is 9.52. The lowest BCUT2D eigenvalue weighted by molar-refractivity contribution is 0.273. The maximum absolute atomic E-state index is 4.50. The van der Waals surface area contributed by atoms with Crippen LogP contribution in [0.5, 0.6) is 0 Å². The van der Waals surface area contributed by atoms with E-state index in [-0.39, 0.29) is 5.54 Å². The van der Waals surface area contributed by atoms with Gasteiger partial charge in [-0.3, -0.25) is 4.68 Å². The molecule has 0 aromatic carbocycles. The van der Waals surface area contributed by atoms with E-state index in [4.69, 9.17) is 0 Å². The fraction of sp³-hybridized carbons (Fsp3) is 0.786. The van der Waals surface area contributed by atoms with Crippen LogP contribution in [0.1, 0.15) is 58.1 Å². The van der Waals surface area contributed by atoms with Crippen molar-refractivity contribution in [3.63, 3.8) is 0 Å². The third kappa shape index (κ3) is 2.64. The molecule has 1 atom stereocenters. The molecule has 3 nitrogen and oxygen atoms in total. The Morgan fingerprint density at radius 3 is 2.94 bits per heavy atom. The molecule has 0 spiro atoms. The highest BCUT2D eigenvalue weighted by atomic mass is 79.9. The van der Waals surface area contributed by atoms with Crippen molar-refractivity contribution in [2.24, 2.45) is 0 Å². The molecule has 1 fully saturated rings. The second kappa shape index (κ2) is 6.20. The molecule has 102 valence electrons. The molecule has 1 aromatic rings. The van der Waals surface area contributed by atoms with E-state index in [1.54, 1.807) is 0 Å². The van der Waals surface area contributed by atoms with Gasteiger partial charge in [0.05, 0.1) is 21.9 Å². The zero-order chi connectivity index (χ0) is 13.0. The van der Waals surface area contributed by atoms with Crippen molar-refractivity contribution in [3.8, 4) is 0 Å². The van der Waals surface area contributed by atoms with E-state index in [1.807, 2.05) is 6.20 Å². The third-order valence-electron chi connectivity index (χ3n) is 3.97. The summed E-state index contributed by atoms with van der Waals surface area (Å²) in [6, 6.07) is 0. The summed E-state index contributed by atoms with van der Waals surface area (Å²) in [5.41, 5.74) is 1.48. The van der Waals surface area contributed by atoms with Crippen LogP contribution in [0.2, 0.25) is 0 Å². The predicted molar refractivity (Wildman–Crippen MR) is 78.7 cm³/mol. The molecule has 1 aliphatic rings. The summed E-state index contributed by atoms with van der Waals surface area (Å²) < 4.78 is 3.31. The van der Waals surface area contributed by atoms with Gasteiger partial charge in [0.2, 0.25) is 0 Å². The van der Waals surface area contributed by atoms with Crippen LogP contribution in [0.3, 0.4) is 0 Å². The van der Waals surface area contributed by atoms with Crippen molar-refractivity contribution in [3.05, 3.63) is 16.4 Å². The number of hydrogen-bond acceptors (Lipinski definition) is 2. The van der Waals surface area contributed by atoms with Crippen LogP contribution in [0.25, 0.3) is 0 Å². The fourth-order valence-electron chi connectivity index (χ4n) is 3.18. The molecule has 2 rings (SSSR count). The molecular formula is C14H24BrN3. The number of halogens is 1. The van der Waals surface area contributed by atoms with Gasteiger partial charge in [-0.2, -0.15) is 5.10 Å². The van der Waals surface area contributed by atoms with E-state index < -0.39 is 0 Å². The van der Waals surface area contributed by atoms with Gasteiger partial charge in [-0.05, 0) is 48.7 Å². The Morgan fingerprint density at radius 2 is 2.22 bits per heavy atom. The summed E-state index contributed by atoms with van der Waals surface area (Å²) in [7, 11) is 0. The Kier molecular flexibility index (Phi) is 4.84. The largest absolute Gasteiger partial charge is 0.306 e. The predicted octanol–water partition coefficient (Wildman–Crippen LogP) is 3.82. The zero-order valence-electron chi connectivity index (χ0n) is 11.5. The summed E-state index contributed by atoms with van der Waals surface area (Å²) in [6.45, 7) is 6.50. The quantitative estimate of drug-likeness (QED) is 0.915. The van der Waals surface area contributed by atoms with Crippen LogP contribution in [-0.4, -0.2) is 16.3 Å². The fourth-order valence-corrected chi connectivity index (χ4v) is 3.86. The van der Waals surface area contributed by atoms with Crippen molar-refractivity contribution in [2.75, 3.05) is 6.54 Å². The van der Waals surface area contributed by atoms with Crippen LogP contribution in [0.15, 0.2) is 10.7 Å². The zero-order valence-corrected chi connectivity index (χ0v) is 13.1. The number of hydrogen-bond donors (Lipinski definition) is 1. The van der Waals surface area contributed by atoms with Crippen molar-refractivity contribution < 1.29 is 0 Å². The van der Waals surface area contributed by atoms with Gasteiger partial charge in [0, 0.05) is 6.54 Å². The van der Waals surface area contributed by atoms with Gasteiger partial charge in [-0.25, -0.2) is 0 Å². The minimum atomic E-state index is 0.122. The molecule has 0 aliphatic carbocycles. The van der Waals surface area contributed by atoms with Crippen LogP contribution in [0, 0.1) is 0 Å². The average Bonchev–Trinajstić information content (AvgIpc) is 2.60. The molecular weight excluding hydrogens is 290 g/mol. The second-order valence-electron chi connectivity index (χ2n) is 5.23.